The van der Waals surface area contributed by atoms with E-state index in [-0.39, 0.29) is 17.8 Å². The zero-order valence-corrected chi connectivity index (χ0v) is 16.7. The Bertz CT molecular complexity index is 1030. The number of nitrogens with zero attached hydrogens (tertiary/aromatic N) is 1. The summed E-state index contributed by atoms with van der Waals surface area (Å²) in [5.41, 5.74) is 3.23. The molecule has 6 heteroatoms. The van der Waals surface area contributed by atoms with Crippen LogP contribution in [0.4, 0.5) is 4.39 Å². The Hall–Kier alpha value is -2.86. The lowest BCUT2D eigenvalue weighted by Gasteiger charge is -2.22. The van der Waals surface area contributed by atoms with Crippen molar-refractivity contribution in [1.82, 2.24) is 9.88 Å². The van der Waals surface area contributed by atoms with Crippen LogP contribution in [0.2, 0.25) is 0 Å². The molecule has 0 spiro atoms. The van der Waals surface area contributed by atoms with Crippen LogP contribution < -0.4 is 4.74 Å². The van der Waals surface area contributed by atoms with E-state index in [0.717, 1.165) is 24.2 Å². The minimum atomic E-state index is -0.337. The van der Waals surface area contributed by atoms with Gasteiger partial charge in [0.1, 0.15) is 23.4 Å². The molecule has 2 heterocycles. The molecule has 1 N–H and O–H groups in total. The largest absolute Gasteiger partial charge is 0.490 e. The second-order valence-electron chi connectivity index (χ2n) is 7.53. The van der Waals surface area contributed by atoms with Crippen LogP contribution in [0.1, 0.15) is 35.0 Å². The van der Waals surface area contributed by atoms with E-state index in [2.05, 4.69) is 18.0 Å². The molecule has 3 aromatic rings. The minimum Gasteiger partial charge on any atom is -0.490 e. The number of carbonyl (C=O) groups excluding carboxylic acids is 1. The van der Waals surface area contributed by atoms with Gasteiger partial charge in [0.15, 0.2) is 0 Å². The number of H-pyrrole nitrogens is 1. The molecule has 152 valence electrons. The van der Waals surface area contributed by atoms with Crippen molar-refractivity contribution in [1.29, 1.82) is 0 Å². The van der Waals surface area contributed by atoms with Crippen LogP contribution in [0.3, 0.4) is 0 Å². The van der Waals surface area contributed by atoms with Gasteiger partial charge in [-0.15, -0.1) is 0 Å². The Morgan fingerprint density at radius 3 is 2.97 bits per heavy atom. The maximum Gasteiger partial charge on any atom is 0.270 e. The summed E-state index contributed by atoms with van der Waals surface area (Å²) >= 11 is 0. The lowest BCUT2D eigenvalue weighted by Crippen LogP contribution is -2.32. The number of fused-ring (bicyclic) bond motifs is 2. The summed E-state index contributed by atoms with van der Waals surface area (Å²) in [4.78, 5) is 18.1. The Kier molecular flexibility index (Phi) is 5.53. The van der Waals surface area contributed by atoms with Gasteiger partial charge in [-0.05, 0) is 48.7 Å². The number of carbonyl (C=O) groups is 1. The van der Waals surface area contributed by atoms with Gasteiger partial charge in [0.2, 0.25) is 0 Å². The number of aromatic nitrogens is 1. The minimum absolute atomic E-state index is 0.151. The van der Waals surface area contributed by atoms with Crippen molar-refractivity contribution in [2.75, 3.05) is 20.3 Å². The summed E-state index contributed by atoms with van der Waals surface area (Å²) in [6, 6.07) is 12.5. The molecule has 1 atom stereocenters. The molecule has 0 radical (unpaired) electrons. The van der Waals surface area contributed by atoms with Gasteiger partial charge < -0.3 is 19.4 Å². The highest BCUT2D eigenvalue weighted by Crippen LogP contribution is 2.30. The van der Waals surface area contributed by atoms with Crippen molar-refractivity contribution in [2.45, 2.75) is 32.4 Å². The van der Waals surface area contributed by atoms with Crippen molar-refractivity contribution in [3.63, 3.8) is 0 Å². The first-order valence-corrected chi connectivity index (χ1v) is 9.89. The van der Waals surface area contributed by atoms with E-state index in [9.17, 15) is 9.18 Å². The fourth-order valence-electron chi connectivity index (χ4n) is 3.85. The quantitative estimate of drug-likeness (QED) is 0.606. The second kappa shape index (κ2) is 8.25. The van der Waals surface area contributed by atoms with Crippen LogP contribution in [0.15, 0.2) is 42.5 Å². The number of halogens is 1. The van der Waals surface area contributed by atoms with E-state index >= 15 is 0 Å². The Morgan fingerprint density at radius 1 is 1.31 bits per heavy atom. The fourth-order valence-corrected chi connectivity index (χ4v) is 3.85. The molecule has 0 fully saturated rings. The number of nitrogens with one attached hydrogen (secondary N) is 1. The number of methoxy groups -OCH3 is 1. The average Bonchev–Trinajstić information content (AvgIpc) is 3.30. The van der Waals surface area contributed by atoms with Crippen LogP contribution in [0.5, 0.6) is 5.75 Å². The Labute approximate surface area is 169 Å². The molecule has 2 aromatic carbocycles. The third kappa shape index (κ3) is 4.12. The SMILES string of the molecule is COCCCN(Cc1ccc2c(c1)CC(C)O2)C(=O)c1cc2c(F)cccc2[nH]1. The molecule has 1 amide bonds. The second-order valence-corrected chi connectivity index (χ2v) is 7.53. The predicted molar refractivity (Wildman–Crippen MR) is 110 cm³/mol. The van der Waals surface area contributed by atoms with Gasteiger partial charge in [0, 0.05) is 44.1 Å². The first kappa shape index (κ1) is 19.5. The summed E-state index contributed by atoms with van der Waals surface area (Å²) in [5, 5.41) is 0.427. The first-order valence-electron chi connectivity index (χ1n) is 9.89. The maximum atomic E-state index is 14.0. The summed E-state index contributed by atoms with van der Waals surface area (Å²) in [7, 11) is 1.65. The third-order valence-electron chi connectivity index (χ3n) is 5.24. The molecule has 1 unspecified atom stereocenters. The van der Waals surface area contributed by atoms with E-state index in [0.29, 0.717) is 36.3 Å². The van der Waals surface area contributed by atoms with Gasteiger partial charge in [0.05, 0.1) is 0 Å². The topological polar surface area (TPSA) is 54.6 Å². The normalized spacial score (nSPS) is 15.3. The van der Waals surface area contributed by atoms with Crippen LogP contribution in [0.25, 0.3) is 10.9 Å². The zero-order chi connectivity index (χ0) is 20.4. The number of amides is 1. The summed E-state index contributed by atoms with van der Waals surface area (Å²) in [6.45, 7) is 3.65. The van der Waals surface area contributed by atoms with Crippen LogP contribution in [0, 0.1) is 5.82 Å². The number of aromatic amines is 1. The maximum absolute atomic E-state index is 14.0. The van der Waals surface area contributed by atoms with Gasteiger partial charge in [-0.3, -0.25) is 4.79 Å². The molecule has 5 nitrogen and oxygen atoms in total. The van der Waals surface area contributed by atoms with Gasteiger partial charge in [-0.1, -0.05) is 18.2 Å². The number of benzene rings is 2. The van der Waals surface area contributed by atoms with E-state index in [1.165, 1.54) is 11.6 Å². The average molecular weight is 396 g/mol. The van der Waals surface area contributed by atoms with Crippen molar-refractivity contribution < 1.29 is 18.7 Å². The standard InChI is InChI=1S/C23H25FN2O3/c1-15-11-17-12-16(7-8-22(17)29-15)14-26(9-4-10-28-2)23(27)21-13-18-19(24)5-3-6-20(18)25-21/h3,5-8,12-13,15,25H,4,9-11,14H2,1-2H3. The van der Waals surface area contributed by atoms with E-state index in [1.54, 1.807) is 30.2 Å². The van der Waals surface area contributed by atoms with Gasteiger partial charge in [0.25, 0.3) is 5.91 Å². The highest BCUT2D eigenvalue weighted by Gasteiger charge is 2.22. The molecule has 29 heavy (non-hydrogen) atoms. The first-order chi connectivity index (χ1) is 14.0. The molecule has 0 saturated carbocycles. The molecule has 1 aliphatic rings. The van der Waals surface area contributed by atoms with Crippen LogP contribution >= 0.6 is 0 Å². The molecule has 0 aliphatic carbocycles. The number of rotatable bonds is 7. The van der Waals surface area contributed by atoms with E-state index < -0.39 is 0 Å². The smallest absolute Gasteiger partial charge is 0.270 e. The van der Waals surface area contributed by atoms with Crippen LogP contribution in [-0.2, 0) is 17.7 Å². The molecule has 0 bridgehead atoms. The summed E-state index contributed by atoms with van der Waals surface area (Å²) < 4.78 is 25.0. The van der Waals surface area contributed by atoms with E-state index in [1.807, 2.05) is 12.1 Å². The Balaban J connectivity index is 1.58. The molecular weight excluding hydrogens is 371 g/mol. The lowest BCUT2D eigenvalue weighted by molar-refractivity contribution is 0.0718. The molecule has 0 saturated heterocycles. The summed E-state index contributed by atoms with van der Waals surface area (Å²) in [5.74, 6) is 0.433. The van der Waals surface area contributed by atoms with Gasteiger partial charge in [-0.25, -0.2) is 4.39 Å². The number of hydrogen-bond acceptors (Lipinski definition) is 3. The van der Waals surface area contributed by atoms with Crippen molar-refractivity contribution in [3.8, 4) is 5.75 Å². The highest BCUT2D eigenvalue weighted by molar-refractivity contribution is 5.98. The number of ether oxygens (including phenoxy) is 2. The lowest BCUT2D eigenvalue weighted by atomic mass is 10.1. The fraction of sp³-hybridized carbons (Fsp3) is 0.348. The Morgan fingerprint density at radius 2 is 2.17 bits per heavy atom. The third-order valence-corrected chi connectivity index (χ3v) is 5.24. The highest BCUT2D eigenvalue weighted by atomic mass is 19.1. The monoisotopic (exact) mass is 396 g/mol. The van der Waals surface area contributed by atoms with Gasteiger partial charge >= 0.3 is 0 Å². The van der Waals surface area contributed by atoms with Crippen molar-refractivity contribution >= 4 is 16.8 Å². The van der Waals surface area contributed by atoms with E-state index in [4.69, 9.17) is 9.47 Å². The zero-order valence-electron chi connectivity index (χ0n) is 16.7. The number of hydrogen-bond donors (Lipinski definition) is 1. The van der Waals surface area contributed by atoms with Crippen molar-refractivity contribution in [3.05, 3.63) is 65.1 Å². The molecular formula is C23H25FN2O3. The van der Waals surface area contributed by atoms with Crippen LogP contribution in [-0.4, -0.2) is 42.2 Å². The molecule has 1 aromatic heterocycles. The summed E-state index contributed by atoms with van der Waals surface area (Å²) in [6.07, 6.45) is 1.78. The molecule has 4 rings (SSSR count). The van der Waals surface area contributed by atoms with Crippen molar-refractivity contribution in [2.24, 2.45) is 0 Å². The predicted octanol–water partition coefficient (Wildman–Crippen LogP) is 4.31. The molecule has 1 aliphatic heterocycles. The van der Waals surface area contributed by atoms with Gasteiger partial charge in [-0.2, -0.15) is 0 Å².